The second-order valence-electron chi connectivity index (χ2n) is 5.29. The van der Waals surface area contributed by atoms with Gasteiger partial charge in [0, 0.05) is 31.3 Å². The lowest BCUT2D eigenvalue weighted by Gasteiger charge is -2.31. The number of amides is 1. The predicted octanol–water partition coefficient (Wildman–Crippen LogP) is 1.60. The van der Waals surface area contributed by atoms with Gasteiger partial charge in [-0.05, 0) is 19.4 Å². The summed E-state index contributed by atoms with van der Waals surface area (Å²) in [5, 5.41) is 16.2. The molecule has 8 heteroatoms. The average Bonchev–Trinajstić information content (AvgIpc) is 3.10. The summed E-state index contributed by atoms with van der Waals surface area (Å²) in [6, 6.07) is 0. The number of carbonyl (C=O) groups is 1. The van der Waals surface area contributed by atoms with E-state index in [2.05, 4.69) is 30.6 Å². The van der Waals surface area contributed by atoms with E-state index in [1.807, 2.05) is 11.6 Å². The van der Waals surface area contributed by atoms with Gasteiger partial charge in [0.15, 0.2) is 5.13 Å². The number of carbonyl (C=O) groups excluding carboxylic acids is 1. The van der Waals surface area contributed by atoms with E-state index in [1.54, 1.807) is 0 Å². The summed E-state index contributed by atoms with van der Waals surface area (Å²) >= 11 is 1.47. The van der Waals surface area contributed by atoms with Crippen LogP contribution in [-0.4, -0.2) is 44.3 Å². The van der Waals surface area contributed by atoms with Crippen LogP contribution in [0.1, 0.15) is 37.1 Å². The van der Waals surface area contributed by atoms with E-state index >= 15 is 0 Å². The van der Waals surface area contributed by atoms with Crippen LogP contribution in [0.5, 0.6) is 0 Å². The van der Waals surface area contributed by atoms with Crippen LogP contribution in [-0.2, 0) is 11.3 Å². The fraction of sp³-hybridized carbons (Fsp3) is 0.538. The molecule has 0 spiro atoms. The molecule has 1 aliphatic heterocycles. The van der Waals surface area contributed by atoms with Crippen LogP contribution in [0.15, 0.2) is 11.6 Å². The molecule has 1 fully saturated rings. The Hall–Kier alpha value is -1.80. The fourth-order valence-corrected chi connectivity index (χ4v) is 3.41. The quantitative estimate of drug-likeness (QED) is 0.896. The van der Waals surface area contributed by atoms with Crippen molar-refractivity contribution in [2.24, 2.45) is 0 Å². The Morgan fingerprint density at radius 1 is 1.62 bits per heavy atom. The third-order valence-electron chi connectivity index (χ3n) is 3.58. The first kappa shape index (κ1) is 14.2. The van der Waals surface area contributed by atoms with Crippen molar-refractivity contribution < 1.29 is 4.79 Å². The first-order valence-electron chi connectivity index (χ1n) is 7.00. The molecule has 3 rings (SSSR count). The number of thiazole rings is 1. The van der Waals surface area contributed by atoms with Crippen molar-refractivity contribution in [1.82, 2.24) is 25.3 Å². The molecule has 1 saturated heterocycles. The Balaban J connectivity index is 1.59. The zero-order chi connectivity index (χ0) is 14.7. The molecule has 2 aromatic rings. The number of nitrogens with one attached hydrogen (secondary N) is 2. The van der Waals surface area contributed by atoms with Gasteiger partial charge in [0.2, 0.25) is 5.91 Å². The molecular formula is C13H18N6OS. The monoisotopic (exact) mass is 306 g/mol. The van der Waals surface area contributed by atoms with Crippen molar-refractivity contribution in [3.63, 3.8) is 0 Å². The number of likely N-dealkylation sites (tertiary alicyclic amines) is 1. The number of aromatic amines is 1. The Bertz CT molecular complexity index is 596. The van der Waals surface area contributed by atoms with E-state index in [-0.39, 0.29) is 5.91 Å². The van der Waals surface area contributed by atoms with Gasteiger partial charge in [-0.3, -0.25) is 9.69 Å². The van der Waals surface area contributed by atoms with Gasteiger partial charge in [0.25, 0.3) is 0 Å². The van der Waals surface area contributed by atoms with E-state index in [1.165, 1.54) is 18.3 Å². The highest BCUT2D eigenvalue weighted by atomic mass is 32.1. The maximum absolute atomic E-state index is 11.0. The number of aromatic nitrogens is 4. The van der Waals surface area contributed by atoms with Crippen molar-refractivity contribution >= 4 is 22.4 Å². The molecular weight excluding hydrogens is 288 g/mol. The summed E-state index contributed by atoms with van der Waals surface area (Å²) in [5.41, 5.74) is 2.04. The highest BCUT2D eigenvalue weighted by molar-refractivity contribution is 7.13. The molecule has 2 N–H and O–H groups in total. The SMILES string of the molecule is CC(=O)Nc1nc(CN2CCCC(c3cn[nH]n3)C2)cs1. The minimum absolute atomic E-state index is 0.0834. The number of H-pyrrole nitrogens is 1. The normalized spacial score (nSPS) is 19.6. The summed E-state index contributed by atoms with van der Waals surface area (Å²) in [4.78, 5) is 17.8. The first-order valence-corrected chi connectivity index (χ1v) is 7.88. The maximum atomic E-state index is 11.0. The topological polar surface area (TPSA) is 86.8 Å². The van der Waals surface area contributed by atoms with E-state index in [0.717, 1.165) is 43.9 Å². The van der Waals surface area contributed by atoms with E-state index in [9.17, 15) is 4.79 Å². The average molecular weight is 306 g/mol. The summed E-state index contributed by atoms with van der Waals surface area (Å²) in [6.07, 6.45) is 4.11. The van der Waals surface area contributed by atoms with Crippen LogP contribution in [0, 0.1) is 0 Å². The van der Waals surface area contributed by atoms with Crippen LogP contribution in [0.2, 0.25) is 0 Å². The molecule has 21 heavy (non-hydrogen) atoms. The van der Waals surface area contributed by atoms with Crippen molar-refractivity contribution in [1.29, 1.82) is 0 Å². The number of nitrogens with zero attached hydrogens (tertiary/aromatic N) is 4. The summed E-state index contributed by atoms with van der Waals surface area (Å²) in [6.45, 7) is 4.35. The fourth-order valence-electron chi connectivity index (χ4n) is 2.66. The summed E-state index contributed by atoms with van der Waals surface area (Å²) < 4.78 is 0. The molecule has 0 aromatic carbocycles. The van der Waals surface area contributed by atoms with Gasteiger partial charge in [-0.2, -0.15) is 15.4 Å². The van der Waals surface area contributed by atoms with Crippen LogP contribution >= 0.6 is 11.3 Å². The third-order valence-corrected chi connectivity index (χ3v) is 4.38. The minimum Gasteiger partial charge on any atom is -0.302 e. The molecule has 1 atom stereocenters. The molecule has 0 bridgehead atoms. The number of rotatable bonds is 4. The lowest BCUT2D eigenvalue weighted by atomic mass is 9.95. The molecule has 0 saturated carbocycles. The summed E-state index contributed by atoms with van der Waals surface area (Å²) in [7, 11) is 0. The largest absolute Gasteiger partial charge is 0.302 e. The number of hydrogen-bond acceptors (Lipinski definition) is 6. The third kappa shape index (κ3) is 3.64. The van der Waals surface area contributed by atoms with Gasteiger partial charge >= 0.3 is 0 Å². The Kier molecular flexibility index (Phi) is 4.26. The van der Waals surface area contributed by atoms with Gasteiger partial charge < -0.3 is 5.32 Å². The van der Waals surface area contributed by atoms with Crippen molar-refractivity contribution in [3.8, 4) is 0 Å². The van der Waals surface area contributed by atoms with E-state index < -0.39 is 0 Å². The van der Waals surface area contributed by atoms with Crippen LogP contribution in [0.25, 0.3) is 0 Å². The Labute approximate surface area is 126 Å². The van der Waals surface area contributed by atoms with Crippen LogP contribution in [0.3, 0.4) is 0 Å². The van der Waals surface area contributed by atoms with Crippen molar-refractivity contribution in [3.05, 3.63) is 23.0 Å². The summed E-state index contributed by atoms with van der Waals surface area (Å²) in [5.74, 6) is 0.353. The van der Waals surface area contributed by atoms with Crippen molar-refractivity contribution in [2.45, 2.75) is 32.2 Å². The first-order chi connectivity index (χ1) is 10.2. The highest BCUT2D eigenvalue weighted by Crippen LogP contribution is 2.26. The second-order valence-corrected chi connectivity index (χ2v) is 6.15. The van der Waals surface area contributed by atoms with Gasteiger partial charge in [-0.1, -0.05) is 0 Å². The molecule has 3 heterocycles. The standard InChI is InChI=1S/C13H18N6OS/c1-9(20)15-13-16-11(8-21-13)7-19-4-2-3-10(6-19)12-5-14-18-17-12/h5,8,10H,2-4,6-7H2,1H3,(H,14,17,18)(H,15,16,20). The van der Waals surface area contributed by atoms with Gasteiger partial charge in [-0.25, -0.2) is 4.98 Å². The number of piperidine rings is 1. The minimum atomic E-state index is -0.0834. The highest BCUT2D eigenvalue weighted by Gasteiger charge is 2.23. The molecule has 7 nitrogen and oxygen atoms in total. The van der Waals surface area contributed by atoms with E-state index in [0.29, 0.717) is 11.0 Å². The van der Waals surface area contributed by atoms with Crippen molar-refractivity contribution in [2.75, 3.05) is 18.4 Å². The molecule has 2 aromatic heterocycles. The van der Waals surface area contributed by atoms with Crippen LogP contribution in [0.4, 0.5) is 5.13 Å². The smallest absolute Gasteiger partial charge is 0.223 e. The van der Waals surface area contributed by atoms with E-state index in [4.69, 9.17) is 0 Å². The Morgan fingerprint density at radius 3 is 3.29 bits per heavy atom. The van der Waals surface area contributed by atoms with Gasteiger partial charge in [-0.15, -0.1) is 11.3 Å². The maximum Gasteiger partial charge on any atom is 0.223 e. The van der Waals surface area contributed by atoms with Crippen LogP contribution < -0.4 is 5.32 Å². The molecule has 1 amide bonds. The lowest BCUT2D eigenvalue weighted by Crippen LogP contribution is -2.34. The number of hydrogen-bond donors (Lipinski definition) is 2. The zero-order valence-corrected chi connectivity index (χ0v) is 12.7. The second kappa shape index (κ2) is 6.31. The molecule has 112 valence electrons. The Morgan fingerprint density at radius 2 is 2.52 bits per heavy atom. The zero-order valence-electron chi connectivity index (χ0n) is 11.9. The molecule has 1 aliphatic rings. The molecule has 1 unspecified atom stereocenters. The van der Waals surface area contributed by atoms with Gasteiger partial charge in [0.05, 0.1) is 17.6 Å². The molecule has 0 radical (unpaired) electrons. The van der Waals surface area contributed by atoms with Gasteiger partial charge in [0.1, 0.15) is 0 Å². The predicted molar refractivity (Wildman–Crippen MR) is 80.1 cm³/mol. The molecule has 0 aliphatic carbocycles. The lowest BCUT2D eigenvalue weighted by molar-refractivity contribution is -0.114. The number of anilines is 1.